The van der Waals surface area contributed by atoms with Gasteiger partial charge in [-0.3, -0.25) is 4.79 Å². The van der Waals surface area contributed by atoms with Gasteiger partial charge in [0, 0.05) is 5.56 Å². The van der Waals surface area contributed by atoms with Crippen LogP contribution in [0.3, 0.4) is 0 Å². The molecule has 0 radical (unpaired) electrons. The van der Waals surface area contributed by atoms with Gasteiger partial charge in [0.15, 0.2) is 0 Å². The predicted molar refractivity (Wildman–Crippen MR) is 60.8 cm³/mol. The molecule has 0 bridgehead atoms. The van der Waals surface area contributed by atoms with Gasteiger partial charge in [0.1, 0.15) is 5.69 Å². The highest BCUT2D eigenvalue weighted by molar-refractivity contribution is 5.73. The van der Waals surface area contributed by atoms with Crippen LogP contribution in [0.25, 0.3) is 0 Å². The average Bonchev–Trinajstić information content (AvgIpc) is 2.31. The molecule has 1 aromatic rings. The molecule has 1 aromatic heterocycles. The van der Waals surface area contributed by atoms with Gasteiger partial charge in [-0.05, 0) is 25.5 Å². The minimum absolute atomic E-state index is 0.0712. The summed E-state index contributed by atoms with van der Waals surface area (Å²) in [5.74, 6) is -0.360. The molecule has 4 nitrogen and oxygen atoms in total. The molecule has 0 spiro atoms. The molecule has 100 valence electrons. The van der Waals surface area contributed by atoms with Crippen LogP contribution in [0.2, 0.25) is 0 Å². The molecule has 6 heteroatoms. The molecule has 0 N–H and O–H groups in total. The average molecular weight is 259 g/mol. The van der Waals surface area contributed by atoms with Crippen molar-refractivity contribution in [1.29, 1.82) is 0 Å². The normalized spacial score (nSPS) is 10.6. The molecule has 0 aliphatic heterocycles. The summed E-state index contributed by atoms with van der Waals surface area (Å²) in [5.41, 5.74) is 0.599. The van der Waals surface area contributed by atoms with Crippen molar-refractivity contribution in [2.24, 2.45) is 0 Å². The monoisotopic (exact) mass is 259 g/mol. The number of halogens is 2. The van der Waals surface area contributed by atoms with E-state index in [2.05, 4.69) is 4.98 Å². The number of methoxy groups -OCH3 is 1. The molecule has 0 saturated carbocycles. The number of carbonyl (C=O) groups is 1. The van der Waals surface area contributed by atoms with Crippen LogP contribution in [0.15, 0.2) is 6.07 Å². The Bertz CT molecular complexity index is 436. The largest absolute Gasteiger partial charge is 0.481 e. The minimum atomic E-state index is -2.71. The van der Waals surface area contributed by atoms with E-state index >= 15 is 0 Å². The van der Waals surface area contributed by atoms with Crippen molar-refractivity contribution in [3.8, 4) is 5.88 Å². The lowest BCUT2D eigenvalue weighted by Crippen LogP contribution is -2.10. The quantitative estimate of drug-likeness (QED) is 0.762. The van der Waals surface area contributed by atoms with E-state index in [-0.39, 0.29) is 18.9 Å². The number of carbonyl (C=O) groups excluding carboxylic acids is 1. The van der Waals surface area contributed by atoms with Crippen molar-refractivity contribution < 1.29 is 23.0 Å². The number of pyridine rings is 1. The summed E-state index contributed by atoms with van der Waals surface area (Å²) < 4.78 is 35.0. The Balaban J connectivity index is 3.08. The van der Waals surface area contributed by atoms with E-state index in [1.165, 1.54) is 13.2 Å². The van der Waals surface area contributed by atoms with Gasteiger partial charge in [0.2, 0.25) is 5.88 Å². The third-order valence-corrected chi connectivity index (χ3v) is 2.41. The lowest BCUT2D eigenvalue weighted by atomic mass is 10.1. The number of esters is 1. The van der Waals surface area contributed by atoms with Crippen LogP contribution >= 0.6 is 0 Å². The first-order chi connectivity index (χ1) is 8.49. The Kier molecular flexibility index (Phi) is 5.00. The Morgan fingerprint density at radius 1 is 1.50 bits per heavy atom. The Morgan fingerprint density at radius 2 is 2.17 bits per heavy atom. The molecule has 0 saturated heterocycles. The number of nitrogens with zero attached hydrogens (tertiary/aromatic N) is 1. The molecule has 0 unspecified atom stereocenters. The van der Waals surface area contributed by atoms with Crippen LogP contribution in [0.4, 0.5) is 8.78 Å². The second-order valence-electron chi connectivity index (χ2n) is 3.62. The number of rotatable bonds is 5. The number of aromatic nitrogens is 1. The van der Waals surface area contributed by atoms with Gasteiger partial charge in [-0.1, -0.05) is 0 Å². The summed E-state index contributed by atoms with van der Waals surface area (Å²) in [5, 5.41) is 0. The van der Waals surface area contributed by atoms with Crippen LogP contribution in [-0.2, 0) is 16.0 Å². The van der Waals surface area contributed by atoms with Crippen LogP contribution in [0.1, 0.15) is 30.2 Å². The van der Waals surface area contributed by atoms with Crippen molar-refractivity contribution in [2.75, 3.05) is 13.7 Å². The van der Waals surface area contributed by atoms with E-state index < -0.39 is 18.1 Å². The molecule has 0 aromatic carbocycles. The zero-order valence-corrected chi connectivity index (χ0v) is 10.5. The van der Waals surface area contributed by atoms with Crippen molar-refractivity contribution in [3.63, 3.8) is 0 Å². The fourth-order valence-electron chi connectivity index (χ4n) is 1.52. The zero-order chi connectivity index (χ0) is 13.7. The lowest BCUT2D eigenvalue weighted by molar-refractivity contribution is -0.142. The summed E-state index contributed by atoms with van der Waals surface area (Å²) in [6.45, 7) is 3.60. The van der Waals surface area contributed by atoms with Gasteiger partial charge >= 0.3 is 5.97 Å². The minimum Gasteiger partial charge on any atom is -0.481 e. The highest BCUT2D eigenvalue weighted by Crippen LogP contribution is 2.26. The van der Waals surface area contributed by atoms with Crippen molar-refractivity contribution in [3.05, 3.63) is 22.9 Å². The van der Waals surface area contributed by atoms with E-state index in [9.17, 15) is 13.6 Å². The van der Waals surface area contributed by atoms with Gasteiger partial charge in [-0.2, -0.15) is 0 Å². The van der Waals surface area contributed by atoms with E-state index in [1.807, 2.05) is 0 Å². The molecule has 1 rings (SSSR count). The summed E-state index contributed by atoms with van der Waals surface area (Å²) in [6, 6.07) is 1.21. The van der Waals surface area contributed by atoms with Crippen LogP contribution < -0.4 is 4.74 Å². The number of hydrogen-bond donors (Lipinski definition) is 0. The lowest BCUT2D eigenvalue weighted by Gasteiger charge is -2.11. The second kappa shape index (κ2) is 6.28. The highest BCUT2D eigenvalue weighted by Gasteiger charge is 2.17. The highest BCUT2D eigenvalue weighted by atomic mass is 19.3. The Labute approximate surface area is 104 Å². The Morgan fingerprint density at radius 3 is 2.67 bits per heavy atom. The van der Waals surface area contributed by atoms with Crippen molar-refractivity contribution in [1.82, 2.24) is 4.98 Å². The molecule has 0 amide bonds. The van der Waals surface area contributed by atoms with Gasteiger partial charge in [-0.25, -0.2) is 13.8 Å². The predicted octanol–water partition coefficient (Wildman–Crippen LogP) is 2.44. The first-order valence-corrected chi connectivity index (χ1v) is 5.47. The maximum absolute atomic E-state index is 12.6. The molecule has 0 fully saturated rings. The second-order valence-corrected chi connectivity index (χ2v) is 3.62. The summed E-state index contributed by atoms with van der Waals surface area (Å²) in [7, 11) is 1.35. The third kappa shape index (κ3) is 3.38. The fraction of sp³-hybridized carbons (Fsp3) is 0.500. The van der Waals surface area contributed by atoms with Gasteiger partial charge in [0.25, 0.3) is 6.43 Å². The molecular weight excluding hydrogens is 244 g/mol. The van der Waals surface area contributed by atoms with E-state index in [0.29, 0.717) is 11.1 Å². The van der Waals surface area contributed by atoms with E-state index in [0.717, 1.165) is 0 Å². The maximum Gasteiger partial charge on any atom is 0.310 e. The maximum atomic E-state index is 12.6. The van der Waals surface area contributed by atoms with E-state index in [1.54, 1.807) is 13.8 Å². The smallest absolute Gasteiger partial charge is 0.310 e. The summed E-state index contributed by atoms with van der Waals surface area (Å²) in [6.07, 6.45) is -2.78. The first-order valence-electron chi connectivity index (χ1n) is 5.47. The third-order valence-electron chi connectivity index (χ3n) is 2.41. The number of ether oxygens (including phenoxy) is 2. The number of hydrogen-bond acceptors (Lipinski definition) is 4. The molecule has 0 aliphatic carbocycles. The molecule has 1 heterocycles. The molecular formula is C12H15F2NO3. The van der Waals surface area contributed by atoms with Gasteiger partial charge in [0.05, 0.1) is 20.1 Å². The van der Waals surface area contributed by atoms with Crippen LogP contribution in [-0.4, -0.2) is 24.7 Å². The fourth-order valence-corrected chi connectivity index (χ4v) is 1.52. The van der Waals surface area contributed by atoms with Gasteiger partial charge < -0.3 is 9.47 Å². The van der Waals surface area contributed by atoms with Gasteiger partial charge in [-0.15, -0.1) is 0 Å². The molecule has 18 heavy (non-hydrogen) atoms. The standard InChI is InChI=1S/C12H15F2NO3/c1-4-18-10(16)6-8-5-9(11(13)14)15-12(17-3)7(8)2/h5,11H,4,6H2,1-3H3. The molecule has 0 aliphatic rings. The summed E-state index contributed by atoms with van der Waals surface area (Å²) >= 11 is 0. The van der Waals surface area contributed by atoms with Crippen LogP contribution in [0, 0.1) is 6.92 Å². The van der Waals surface area contributed by atoms with E-state index in [4.69, 9.17) is 9.47 Å². The zero-order valence-electron chi connectivity index (χ0n) is 10.5. The van der Waals surface area contributed by atoms with Crippen LogP contribution in [0.5, 0.6) is 5.88 Å². The Hall–Kier alpha value is -1.72. The SMILES string of the molecule is CCOC(=O)Cc1cc(C(F)F)nc(OC)c1C. The topological polar surface area (TPSA) is 48.4 Å². The molecule has 0 atom stereocenters. The first kappa shape index (κ1) is 14.3. The van der Waals surface area contributed by atoms with Crippen molar-refractivity contribution >= 4 is 5.97 Å². The summed E-state index contributed by atoms with van der Waals surface area (Å²) in [4.78, 5) is 15.1. The number of alkyl halides is 2. The van der Waals surface area contributed by atoms with Crippen molar-refractivity contribution in [2.45, 2.75) is 26.7 Å².